The molecule has 1 aromatic carbocycles. The molecule has 0 bridgehead atoms. The van der Waals surface area contributed by atoms with Gasteiger partial charge in [0.25, 0.3) is 5.56 Å². The Bertz CT molecular complexity index is 951. The lowest BCUT2D eigenvalue weighted by Gasteiger charge is -2.13. The number of ether oxygens (including phenoxy) is 2. The first-order chi connectivity index (χ1) is 12.8. The molecule has 6 nitrogen and oxygen atoms in total. The van der Waals surface area contributed by atoms with E-state index in [0.29, 0.717) is 16.6 Å². The zero-order chi connectivity index (χ0) is 20.0. The van der Waals surface area contributed by atoms with E-state index in [1.165, 1.54) is 18.1 Å². The van der Waals surface area contributed by atoms with Crippen LogP contribution in [-0.2, 0) is 4.79 Å². The van der Waals surface area contributed by atoms with Gasteiger partial charge in [0, 0.05) is 18.0 Å². The SMILES string of the molecule is CC(=O)Oc1c(OCC=C(C)CCC=C(C)C)c2ccc(N)cc2[nH]c1=O. The minimum absolute atomic E-state index is 0.143. The summed E-state index contributed by atoms with van der Waals surface area (Å²) in [5.41, 5.74) is 8.76. The number of nitrogens with one attached hydrogen (secondary N) is 1. The monoisotopic (exact) mass is 370 g/mol. The van der Waals surface area contributed by atoms with Crippen LogP contribution in [0.4, 0.5) is 5.69 Å². The van der Waals surface area contributed by atoms with Crippen LogP contribution in [0.3, 0.4) is 0 Å². The summed E-state index contributed by atoms with van der Waals surface area (Å²) in [4.78, 5) is 26.4. The molecule has 0 saturated carbocycles. The Kier molecular flexibility index (Phi) is 6.82. The zero-order valence-corrected chi connectivity index (χ0v) is 16.2. The molecular formula is C21H26N2O4. The van der Waals surface area contributed by atoms with E-state index in [1.54, 1.807) is 18.2 Å². The molecule has 3 N–H and O–H groups in total. The van der Waals surface area contributed by atoms with Gasteiger partial charge >= 0.3 is 5.97 Å². The molecule has 0 atom stereocenters. The Morgan fingerprint density at radius 3 is 2.56 bits per heavy atom. The number of pyridine rings is 1. The first-order valence-electron chi connectivity index (χ1n) is 8.83. The van der Waals surface area contributed by atoms with Crippen molar-refractivity contribution in [3.05, 3.63) is 51.9 Å². The molecule has 0 fully saturated rings. The topological polar surface area (TPSA) is 94.4 Å². The summed E-state index contributed by atoms with van der Waals surface area (Å²) in [5.74, 6) is -0.499. The van der Waals surface area contributed by atoms with Crippen LogP contribution in [0.1, 0.15) is 40.5 Å². The van der Waals surface area contributed by atoms with Crippen LogP contribution in [0.2, 0.25) is 0 Å². The number of carbonyl (C=O) groups excluding carboxylic acids is 1. The molecule has 2 aromatic rings. The van der Waals surface area contributed by atoms with Crippen LogP contribution >= 0.6 is 0 Å². The molecule has 0 aliphatic rings. The number of H-pyrrole nitrogens is 1. The van der Waals surface area contributed by atoms with Gasteiger partial charge in [0.2, 0.25) is 5.75 Å². The first kappa shape index (κ1) is 20.3. The van der Waals surface area contributed by atoms with Crippen molar-refractivity contribution in [1.29, 1.82) is 0 Å². The number of benzene rings is 1. The second kappa shape index (κ2) is 9.07. The predicted molar refractivity (Wildman–Crippen MR) is 108 cm³/mol. The van der Waals surface area contributed by atoms with Gasteiger partial charge in [-0.1, -0.05) is 17.2 Å². The maximum absolute atomic E-state index is 12.3. The van der Waals surface area contributed by atoms with E-state index >= 15 is 0 Å². The van der Waals surface area contributed by atoms with E-state index in [9.17, 15) is 9.59 Å². The third kappa shape index (κ3) is 5.74. The smallest absolute Gasteiger partial charge is 0.308 e. The van der Waals surface area contributed by atoms with Gasteiger partial charge in [-0.3, -0.25) is 9.59 Å². The minimum Gasteiger partial charge on any atom is -0.485 e. The number of carbonyl (C=O) groups is 1. The normalized spacial score (nSPS) is 11.3. The van der Waals surface area contributed by atoms with Crippen molar-refractivity contribution in [2.45, 2.75) is 40.5 Å². The molecular weight excluding hydrogens is 344 g/mol. The number of nitrogen functional groups attached to an aromatic ring is 1. The summed E-state index contributed by atoms with van der Waals surface area (Å²) in [7, 11) is 0. The molecule has 144 valence electrons. The van der Waals surface area contributed by atoms with Crippen molar-refractivity contribution in [3.8, 4) is 11.5 Å². The Morgan fingerprint density at radius 2 is 1.89 bits per heavy atom. The van der Waals surface area contributed by atoms with E-state index in [1.807, 2.05) is 13.0 Å². The van der Waals surface area contributed by atoms with Crippen molar-refractivity contribution in [2.75, 3.05) is 12.3 Å². The largest absolute Gasteiger partial charge is 0.485 e. The van der Waals surface area contributed by atoms with Crippen molar-refractivity contribution in [1.82, 2.24) is 4.98 Å². The molecule has 0 aliphatic carbocycles. The highest BCUT2D eigenvalue weighted by atomic mass is 16.6. The number of esters is 1. The highest BCUT2D eigenvalue weighted by Crippen LogP contribution is 2.32. The van der Waals surface area contributed by atoms with E-state index < -0.39 is 11.5 Å². The number of aromatic amines is 1. The van der Waals surface area contributed by atoms with Gasteiger partial charge in [-0.15, -0.1) is 0 Å². The van der Waals surface area contributed by atoms with Crippen LogP contribution in [-0.4, -0.2) is 17.6 Å². The quantitative estimate of drug-likeness (QED) is 0.434. The van der Waals surface area contributed by atoms with Gasteiger partial charge in [-0.25, -0.2) is 0 Å². The van der Waals surface area contributed by atoms with Gasteiger partial charge < -0.3 is 20.2 Å². The van der Waals surface area contributed by atoms with Crippen molar-refractivity contribution in [3.63, 3.8) is 0 Å². The van der Waals surface area contributed by atoms with Crippen LogP contribution in [0.25, 0.3) is 10.9 Å². The molecule has 0 amide bonds. The Morgan fingerprint density at radius 1 is 1.15 bits per heavy atom. The highest BCUT2D eigenvalue weighted by Gasteiger charge is 2.17. The Hall–Kier alpha value is -3.02. The number of rotatable bonds is 7. The molecule has 27 heavy (non-hydrogen) atoms. The predicted octanol–water partition coefficient (Wildman–Crippen LogP) is 4.11. The van der Waals surface area contributed by atoms with Gasteiger partial charge in [0.1, 0.15) is 6.61 Å². The number of fused-ring (bicyclic) bond motifs is 1. The maximum atomic E-state index is 12.3. The van der Waals surface area contributed by atoms with Crippen molar-refractivity contribution in [2.24, 2.45) is 0 Å². The van der Waals surface area contributed by atoms with Gasteiger partial charge in [-0.05, 0) is 57.9 Å². The molecule has 0 radical (unpaired) electrons. The van der Waals surface area contributed by atoms with E-state index in [4.69, 9.17) is 15.2 Å². The third-order valence-corrected chi connectivity index (χ3v) is 3.95. The standard InChI is InChI=1S/C21H26N2O4/c1-13(2)6-5-7-14(3)10-11-26-19-17-9-8-16(22)12-18(17)23-21(25)20(19)27-15(4)24/h6,8-10,12H,5,7,11,22H2,1-4H3,(H,23,25). The van der Waals surface area contributed by atoms with Gasteiger partial charge in [-0.2, -0.15) is 0 Å². The molecule has 1 aromatic heterocycles. The average molecular weight is 370 g/mol. The van der Waals surface area contributed by atoms with E-state index in [-0.39, 0.29) is 18.1 Å². The highest BCUT2D eigenvalue weighted by molar-refractivity contribution is 5.90. The summed E-state index contributed by atoms with van der Waals surface area (Å²) in [6, 6.07) is 5.07. The third-order valence-electron chi connectivity index (χ3n) is 3.95. The average Bonchev–Trinajstić information content (AvgIpc) is 2.56. The number of hydrogen-bond donors (Lipinski definition) is 2. The summed E-state index contributed by atoms with van der Waals surface area (Å²) in [5, 5.41) is 0.621. The van der Waals surface area contributed by atoms with E-state index in [0.717, 1.165) is 12.8 Å². The molecule has 0 unspecified atom stereocenters. The number of aromatic nitrogens is 1. The minimum atomic E-state index is -0.589. The number of nitrogens with two attached hydrogens (primary N) is 1. The second-order valence-corrected chi connectivity index (χ2v) is 6.69. The Labute approximate surface area is 158 Å². The maximum Gasteiger partial charge on any atom is 0.308 e. The van der Waals surface area contributed by atoms with Crippen LogP contribution in [0.5, 0.6) is 11.5 Å². The molecule has 0 spiro atoms. The molecule has 0 saturated heterocycles. The summed E-state index contributed by atoms with van der Waals surface area (Å²) in [6.45, 7) is 7.68. The molecule has 0 aliphatic heterocycles. The van der Waals surface area contributed by atoms with Crippen LogP contribution in [0, 0.1) is 0 Å². The first-order valence-corrected chi connectivity index (χ1v) is 8.83. The number of allylic oxidation sites excluding steroid dienone is 3. The Balaban J connectivity index is 2.30. The number of anilines is 1. The molecule has 6 heteroatoms. The fraction of sp³-hybridized carbons (Fsp3) is 0.333. The van der Waals surface area contributed by atoms with Crippen molar-refractivity contribution >= 4 is 22.6 Å². The van der Waals surface area contributed by atoms with Gasteiger partial charge in [0.05, 0.1) is 5.52 Å². The fourth-order valence-corrected chi connectivity index (χ4v) is 2.61. The summed E-state index contributed by atoms with van der Waals surface area (Å²) >= 11 is 0. The van der Waals surface area contributed by atoms with Crippen molar-refractivity contribution < 1.29 is 14.3 Å². The lowest BCUT2D eigenvalue weighted by atomic mass is 10.1. The summed E-state index contributed by atoms with van der Waals surface area (Å²) < 4.78 is 10.9. The zero-order valence-electron chi connectivity index (χ0n) is 16.2. The van der Waals surface area contributed by atoms with Gasteiger partial charge in [0.15, 0.2) is 5.75 Å². The fourth-order valence-electron chi connectivity index (χ4n) is 2.61. The molecule has 2 rings (SSSR count). The lowest BCUT2D eigenvalue weighted by Crippen LogP contribution is -2.16. The summed E-state index contributed by atoms with van der Waals surface area (Å²) in [6.07, 6.45) is 6.04. The lowest BCUT2D eigenvalue weighted by molar-refractivity contribution is -0.132. The second-order valence-electron chi connectivity index (χ2n) is 6.69. The molecule has 1 heterocycles. The van der Waals surface area contributed by atoms with E-state index in [2.05, 4.69) is 24.9 Å². The van der Waals surface area contributed by atoms with Crippen LogP contribution in [0.15, 0.2) is 46.3 Å². The van der Waals surface area contributed by atoms with Crippen LogP contribution < -0.4 is 20.8 Å². The number of hydrogen-bond acceptors (Lipinski definition) is 5.